The molecule has 0 aliphatic carbocycles. The molecule has 0 fully saturated rings. The third-order valence-corrected chi connectivity index (χ3v) is 2.57. The van der Waals surface area contributed by atoms with Crippen molar-refractivity contribution in [2.45, 2.75) is 0 Å². The molecule has 98 valence electrons. The predicted molar refractivity (Wildman–Crippen MR) is 71.8 cm³/mol. The van der Waals surface area contributed by atoms with Gasteiger partial charge in [0.1, 0.15) is 11.6 Å². The minimum absolute atomic E-state index is 0.0583. The molecule has 19 heavy (non-hydrogen) atoms. The van der Waals surface area contributed by atoms with Gasteiger partial charge in [-0.3, -0.25) is 4.79 Å². The quantitative estimate of drug-likeness (QED) is 0.834. The topological polar surface area (TPSA) is 64.3 Å². The third kappa shape index (κ3) is 3.01. The van der Waals surface area contributed by atoms with Crippen molar-refractivity contribution < 1.29 is 13.9 Å². The second-order valence-electron chi connectivity index (χ2n) is 3.93. The molecule has 2 aromatic rings. The SMILES string of the molecule is COc1cccc(NC(=O)c2ccc(N)cc2F)c1. The van der Waals surface area contributed by atoms with E-state index in [0.29, 0.717) is 11.4 Å². The first-order valence-corrected chi connectivity index (χ1v) is 5.60. The van der Waals surface area contributed by atoms with Gasteiger partial charge in [-0.1, -0.05) is 6.07 Å². The zero-order valence-corrected chi connectivity index (χ0v) is 10.3. The summed E-state index contributed by atoms with van der Waals surface area (Å²) in [4.78, 5) is 11.9. The largest absolute Gasteiger partial charge is 0.497 e. The van der Waals surface area contributed by atoms with Gasteiger partial charge in [0.25, 0.3) is 5.91 Å². The molecule has 4 nitrogen and oxygen atoms in total. The highest BCUT2D eigenvalue weighted by Gasteiger charge is 2.12. The molecular weight excluding hydrogens is 247 g/mol. The highest BCUT2D eigenvalue weighted by molar-refractivity contribution is 6.04. The van der Waals surface area contributed by atoms with Crippen molar-refractivity contribution >= 4 is 17.3 Å². The lowest BCUT2D eigenvalue weighted by atomic mass is 10.1. The number of halogens is 1. The Morgan fingerprint density at radius 2 is 2.05 bits per heavy atom. The summed E-state index contributed by atoms with van der Waals surface area (Å²) in [5.41, 5.74) is 6.17. The van der Waals surface area contributed by atoms with E-state index in [9.17, 15) is 9.18 Å². The number of methoxy groups -OCH3 is 1. The van der Waals surface area contributed by atoms with Gasteiger partial charge in [-0.05, 0) is 30.3 Å². The average molecular weight is 260 g/mol. The molecule has 0 bridgehead atoms. The van der Waals surface area contributed by atoms with Crippen molar-refractivity contribution in [3.63, 3.8) is 0 Å². The van der Waals surface area contributed by atoms with Crippen LogP contribution in [-0.2, 0) is 0 Å². The van der Waals surface area contributed by atoms with E-state index < -0.39 is 11.7 Å². The molecule has 1 amide bonds. The molecule has 2 aromatic carbocycles. The molecular formula is C14H13FN2O2. The van der Waals surface area contributed by atoms with Crippen LogP contribution in [0.2, 0.25) is 0 Å². The van der Waals surface area contributed by atoms with E-state index in [2.05, 4.69) is 5.32 Å². The molecule has 0 heterocycles. The van der Waals surface area contributed by atoms with Gasteiger partial charge in [-0.15, -0.1) is 0 Å². The van der Waals surface area contributed by atoms with Gasteiger partial charge in [0.2, 0.25) is 0 Å². The van der Waals surface area contributed by atoms with Crippen molar-refractivity contribution in [3.05, 3.63) is 53.8 Å². The summed E-state index contributed by atoms with van der Waals surface area (Å²) in [5.74, 6) is -0.582. The lowest BCUT2D eigenvalue weighted by molar-refractivity contribution is 0.102. The molecule has 2 rings (SSSR count). The van der Waals surface area contributed by atoms with Gasteiger partial charge < -0.3 is 15.8 Å². The fourth-order valence-corrected chi connectivity index (χ4v) is 1.61. The van der Waals surface area contributed by atoms with E-state index in [1.807, 2.05) is 0 Å². The van der Waals surface area contributed by atoms with Gasteiger partial charge in [-0.25, -0.2) is 4.39 Å². The van der Waals surface area contributed by atoms with Gasteiger partial charge in [-0.2, -0.15) is 0 Å². The van der Waals surface area contributed by atoms with Crippen LogP contribution in [0.3, 0.4) is 0 Å². The minimum Gasteiger partial charge on any atom is -0.497 e. The maximum Gasteiger partial charge on any atom is 0.258 e. The zero-order valence-electron chi connectivity index (χ0n) is 10.3. The second kappa shape index (κ2) is 5.39. The number of carbonyl (C=O) groups excluding carboxylic acids is 1. The van der Waals surface area contributed by atoms with E-state index >= 15 is 0 Å². The Labute approximate surface area is 110 Å². The van der Waals surface area contributed by atoms with Crippen molar-refractivity contribution in [3.8, 4) is 5.75 Å². The summed E-state index contributed by atoms with van der Waals surface area (Å²) < 4.78 is 18.6. The smallest absolute Gasteiger partial charge is 0.258 e. The molecule has 0 aliphatic rings. The van der Waals surface area contributed by atoms with Crippen LogP contribution in [0.15, 0.2) is 42.5 Å². The number of ether oxygens (including phenoxy) is 1. The summed E-state index contributed by atoms with van der Waals surface area (Å²) in [5, 5.41) is 2.59. The van der Waals surface area contributed by atoms with Crippen LogP contribution in [0.4, 0.5) is 15.8 Å². The molecule has 5 heteroatoms. The highest BCUT2D eigenvalue weighted by atomic mass is 19.1. The number of carbonyl (C=O) groups is 1. The van der Waals surface area contributed by atoms with Crippen LogP contribution in [0, 0.1) is 5.82 Å². The monoisotopic (exact) mass is 260 g/mol. The Hall–Kier alpha value is -2.56. The molecule has 0 radical (unpaired) electrons. The number of nitrogens with one attached hydrogen (secondary N) is 1. The Bertz CT molecular complexity index is 614. The van der Waals surface area contributed by atoms with Gasteiger partial charge in [0, 0.05) is 17.4 Å². The highest BCUT2D eigenvalue weighted by Crippen LogP contribution is 2.18. The van der Waals surface area contributed by atoms with Crippen LogP contribution in [0.5, 0.6) is 5.75 Å². The van der Waals surface area contributed by atoms with Gasteiger partial charge in [0.05, 0.1) is 12.7 Å². The van der Waals surface area contributed by atoms with Gasteiger partial charge in [0.15, 0.2) is 0 Å². The molecule has 0 saturated carbocycles. The maximum absolute atomic E-state index is 13.6. The van der Waals surface area contributed by atoms with E-state index in [1.165, 1.54) is 19.2 Å². The normalized spacial score (nSPS) is 10.0. The fourth-order valence-electron chi connectivity index (χ4n) is 1.61. The first-order chi connectivity index (χ1) is 9.10. The molecule has 0 aliphatic heterocycles. The lowest BCUT2D eigenvalue weighted by Crippen LogP contribution is -2.13. The van der Waals surface area contributed by atoms with Crippen LogP contribution >= 0.6 is 0 Å². The summed E-state index contributed by atoms with van der Waals surface area (Å²) in [6.45, 7) is 0. The first kappa shape index (κ1) is 12.9. The Morgan fingerprint density at radius 1 is 1.26 bits per heavy atom. The number of benzene rings is 2. The van der Waals surface area contributed by atoms with Crippen molar-refractivity contribution in [1.29, 1.82) is 0 Å². The number of nitrogens with two attached hydrogens (primary N) is 1. The summed E-state index contributed by atoms with van der Waals surface area (Å²) in [6.07, 6.45) is 0. The molecule has 0 aromatic heterocycles. The number of hydrogen-bond acceptors (Lipinski definition) is 3. The number of nitrogen functional groups attached to an aromatic ring is 1. The van der Waals surface area contributed by atoms with E-state index in [-0.39, 0.29) is 11.3 Å². The minimum atomic E-state index is -0.652. The first-order valence-electron chi connectivity index (χ1n) is 5.60. The maximum atomic E-state index is 13.6. The van der Waals surface area contributed by atoms with Crippen LogP contribution < -0.4 is 15.8 Å². The summed E-state index contributed by atoms with van der Waals surface area (Å²) >= 11 is 0. The Kier molecular flexibility index (Phi) is 3.66. The molecule has 3 N–H and O–H groups in total. The van der Waals surface area contributed by atoms with Crippen LogP contribution in [0.25, 0.3) is 0 Å². The molecule has 0 saturated heterocycles. The van der Waals surface area contributed by atoms with E-state index in [4.69, 9.17) is 10.5 Å². The van der Waals surface area contributed by atoms with E-state index in [0.717, 1.165) is 6.07 Å². The molecule has 0 spiro atoms. The van der Waals surface area contributed by atoms with Gasteiger partial charge >= 0.3 is 0 Å². The van der Waals surface area contributed by atoms with Crippen molar-refractivity contribution in [2.24, 2.45) is 0 Å². The number of amides is 1. The molecule has 0 unspecified atom stereocenters. The van der Waals surface area contributed by atoms with Crippen LogP contribution in [0.1, 0.15) is 10.4 Å². The average Bonchev–Trinajstić information content (AvgIpc) is 2.38. The zero-order chi connectivity index (χ0) is 13.8. The summed E-state index contributed by atoms with van der Waals surface area (Å²) in [6, 6.07) is 10.8. The number of anilines is 2. The Morgan fingerprint density at radius 3 is 2.74 bits per heavy atom. The lowest BCUT2D eigenvalue weighted by Gasteiger charge is -2.08. The second-order valence-corrected chi connectivity index (χ2v) is 3.93. The standard InChI is InChI=1S/C14H13FN2O2/c1-19-11-4-2-3-10(8-11)17-14(18)12-6-5-9(16)7-13(12)15/h2-8H,16H2,1H3,(H,17,18). The van der Waals surface area contributed by atoms with Crippen molar-refractivity contribution in [2.75, 3.05) is 18.2 Å². The van der Waals surface area contributed by atoms with E-state index in [1.54, 1.807) is 24.3 Å². The fraction of sp³-hybridized carbons (Fsp3) is 0.0714. The van der Waals surface area contributed by atoms with Crippen LogP contribution in [-0.4, -0.2) is 13.0 Å². The number of rotatable bonds is 3. The number of hydrogen-bond donors (Lipinski definition) is 2. The predicted octanol–water partition coefficient (Wildman–Crippen LogP) is 2.67. The Balaban J connectivity index is 2.20. The van der Waals surface area contributed by atoms with Crippen molar-refractivity contribution in [1.82, 2.24) is 0 Å². The summed E-state index contributed by atoms with van der Waals surface area (Å²) in [7, 11) is 1.53. The third-order valence-electron chi connectivity index (χ3n) is 2.57. The molecule has 0 atom stereocenters.